The third kappa shape index (κ3) is 1.96. The summed E-state index contributed by atoms with van der Waals surface area (Å²) in [6.07, 6.45) is -10.2. The van der Waals surface area contributed by atoms with Crippen LogP contribution in [0.2, 0.25) is 0 Å². The minimum Gasteiger partial charge on any atom is -0.247 e. The van der Waals surface area contributed by atoms with Gasteiger partial charge in [-0.25, -0.2) is 4.57 Å². The van der Waals surface area contributed by atoms with Gasteiger partial charge in [-0.1, -0.05) is 18.2 Å². The van der Waals surface area contributed by atoms with E-state index in [0.717, 1.165) is 6.07 Å². The topological polar surface area (TPSA) is 4.93 Å². The van der Waals surface area contributed by atoms with E-state index in [2.05, 4.69) is 0 Å². The van der Waals surface area contributed by atoms with Crippen molar-refractivity contribution in [1.82, 2.24) is 4.57 Å². The Bertz CT molecular complexity index is 548. The number of benzene rings is 1. The zero-order chi connectivity index (χ0) is 12.8. The number of hydrogen-bond donors (Lipinski definition) is 0. The summed E-state index contributed by atoms with van der Waals surface area (Å²) in [5.74, 6) is 0. The second-order valence-corrected chi connectivity index (χ2v) is 3.39. The lowest BCUT2D eigenvalue weighted by atomic mass is 10.2. The van der Waals surface area contributed by atoms with Gasteiger partial charge in [0.2, 0.25) is 0 Å². The predicted molar refractivity (Wildman–Crippen MR) is 48.2 cm³/mol. The fourth-order valence-electron chi connectivity index (χ4n) is 1.64. The highest BCUT2D eigenvalue weighted by molar-refractivity contribution is 5.81. The number of rotatable bonds is 0. The summed E-state index contributed by atoms with van der Waals surface area (Å²) in [7, 11) is 0. The molecular weight excluding hydrogens is 248 g/mol. The summed E-state index contributed by atoms with van der Waals surface area (Å²) >= 11 is 0. The number of aromatic nitrogens is 1. The zero-order valence-corrected chi connectivity index (χ0v) is 8.10. The summed E-state index contributed by atoms with van der Waals surface area (Å²) in [6.45, 7) is 0. The zero-order valence-electron chi connectivity index (χ0n) is 8.10. The van der Waals surface area contributed by atoms with Gasteiger partial charge in [0.1, 0.15) is 5.69 Å². The molecule has 0 radical (unpaired) electrons. The average molecular weight is 253 g/mol. The molecule has 7 heteroatoms. The Kier molecular flexibility index (Phi) is 2.37. The number of nitrogens with zero attached hydrogens (tertiary/aromatic N) is 1. The molecule has 1 heterocycles. The van der Waals surface area contributed by atoms with E-state index in [1.807, 2.05) is 0 Å². The van der Waals surface area contributed by atoms with Crippen LogP contribution in [0.4, 0.5) is 26.3 Å². The number of halogens is 6. The lowest BCUT2D eigenvalue weighted by Gasteiger charge is -2.15. The molecule has 1 aromatic heterocycles. The van der Waals surface area contributed by atoms with Crippen molar-refractivity contribution in [1.29, 1.82) is 0 Å². The van der Waals surface area contributed by atoms with Crippen molar-refractivity contribution in [2.75, 3.05) is 0 Å². The van der Waals surface area contributed by atoms with Crippen LogP contribution in [0.25, 0.3) is 10.9 Å². The van der Waals surface area contributed by atoms with Gasteiger partial charge in [-0.2, -0.15) is 13.2 Å². The summed E-state index contributed by atoms with van der Waals surface area (Å²) in [5.41, 5.74) is -2.22. The normalized spacial score (nSPS) is 13.3. The van der Waals surface area contributed by atoms with Crippen LogP contribution in [0.1, 0.15) is 5.69 Å². The minimum absolute atomic E-state index is 0.0999. The van der Waals surface area contributed by atoms with E-state index in [9.17, 15) is 26.3 Å². The van der Waals surface area contributed by atoms with Crippen molar-refractivity contribution in [3.8, 4) is 0 Å². The van der Waals surface area contributed by atoms with E-state index in [1.54, 1.807) is 0 Å². The third-order valence-corrected chi connectivity index (χ3v) is 2.25. The third-order valence-electron chi connectivity index (χ3n) is 2.25. The molecule has 0 saturated carbocycles. The lowest BCUT2D eigenvalue weighted by Crippen LogP contribution is -2.23. The Morgan fingerprint density at radius 1 is 0.882 bits per heavy atom. The molecule has 0 saturated heterocycles. The van der Waals surface area contributed by atoms with Gasteiger partial charge < -0.3 is 0 Å². The molecule has 0 fully saturated rings. The monoisotopic (exact) mass is 253 g/mol. The Balaban J connectivity index is 2.84. The quantitative estimate of drug-likeness (QED) is 0.622. The highest BCUT2D eigenvalue weighted by Gasteiger charge is 2.43. The van der Waals surface area contributed by atoms with Crippen molar-refractivity contribution in [3.63, 3.8) is 0 Å². The molecular formula is C10H5F6N. The standard InChI is InChI=1S/C10H5F6N/c11-9(12,13)8-5-6-3-1-2-4-7(6)17(8)10(14,15)16/h1-5H. The molecule has 92 valence electrons. The van der Waals surface area contributed by atoms with E-state index in [-0.39, 0.29) is 5.39 Å². The molecule has 0 bridgehead atoms. The molecule has 0 aliphatic carbocycles. The number of alkyl halides is 6. The molecule has 1 aromatic carbocycles. The summed E-state index contributed by atoms with van der Waals surface area (Å²) in [4.78, 5) is 0. The van der Waals surface area contributed by atoms with E-state index in [0.29, 0.717) is 6.07 Å². The first-order chi connectivity index (χ1) is 7.71. The van der Waals surface area contributed by atoms with Gasteiger partial charge in [0.25, 0.3) is 0 Å². The smallest absolute Gasteiger partial charge is 0.247 e. The maximum Gasteiger partial charge on any atom is 0.489 e. The molecule has 0 amide bonds. The predicted octanol–water partition coefficient (Wildman–Crippen LogP) is 4.14. The first-order valence-electron chi connectivity index (χ1n) is 4.46. The van der Waals surface area contributed by atoms with E-state index < -0.39 is 28.3 Å². The van der Waals surface area contributed by atoms with Gasteiger partial charge in [-0.3, -0.25) is 0 Å². The van der Waals surface area contributed by atoms with Crippen molar-refractivity contribution in [3.05, 3.63) is 36.0 Å². The van der Waals surface area contributed by atoms with Gasteiger partial charge in [-0.15, -0.1) is 13.2 Å². The van der Waals surface area contributed by atoms with Crippen molar-refractivity contribution < 1.29 is 26.3 Å². The first kappa shape index (κ1) is 11.8. The Morgan fingerprint density at radius 3 is 2.00 bits per heavy atom. The van der Waals surface area contributed by atoms with Crippen LogP contribution >= 0.6 is 0 Å². The van der Waals surface area contributed by atoms with Crippen molar-refractivity contribution >= 4 is 10.9 Å². The van der Waals surface area contributed by atoms with Gasteiger partial charge in [0.15, 0.2) is 0 Å². The molecule has 0 aliphatic heterocycles. The minimum atomic E-state index is -5.10. The van der Waals surface area contributed by atoms with Gasteiger partial charge in [-0.05, 0) is 12.1 Å². The number of para-hydroxylation sites is 1. The molecule has 0 spiro atoms. The Hall–Kier alpha value is -1.66. The Labute approximate surface area is 91.3 Å². The van der Waals surface area contributed by atoms with Crippen molar-refractivity contribution in [2.45, 2.75) is 12.5 Å². The summed E-state index contributed by atoms with van der Waals surface area (Å²) < 4.78 is 74.7. The molecule has 0 N–H and O–H groups in total. The molecule has 17 heavy (non-hydrogen) atoms. The Morgan fingerprint density at radius 2 is 1.47 bits per heavy atom. The summed E-state index contributed by atoms with van der Waals surface area (Å²) in [5, 5.41) is -0.0999. The highest BCUT2D eigenvalue weighted by atomic mass is 19.4. The van der Waals surface area contributed by atoms with Crippen LogP contribution in [-0.4, -0.2) is 4.57 Å². The fraction of sp³-hybridized carbons (Fsp3) is 0.200. The molecule has 0 atom stereocenters. The van der Waals surface area contributed by atoms with Crippen molar-refractivity contribution in [2.24, 2.45) is 0 Å². The maximum atomic E-state index is 12.6. The lowest BCUT2D eigenvalue weighted by molar-refractivity contribution is -0.218. The van der Waals surface area contributed by atoms with E-state index in [1.165, 1.54) is 18.2 Å². The van der Waals surface area contributed by atoms with Crippen LogP contribution in [0, 0.1) is 0 Å². The maximum absolute atomic E-state index is 12.6. The molecule has 1 nitrogen and oxygen atoms in total. The van der Waals surface area contributed by atoms with E-state index in [4.69, 9.17) is 0 Å². The average Bonchev–Trinajstić information content (AvgIpc) is 2.54. The van der Waals surface area contributed by atoms with Crippen LogP contribution in [0.3, 0.4) is 0 Å². The largest absolute Gasteiger partial charge is 0.489 e. The summed E-state index contributed by atoms with van der Waals surface area (Å²) in [6, 6.07) is 5.32. The molecule has 0 aliphatic rings. The first-order valence-corrected chi connectivity index (χ1v) is 4.46. The van der Waals surface area contributed by atoms with Gasteiger partial charge in [0.05, 0.1) is 5.52 Å². The SMILES string of the molecule is FC(F)(F)c1cc2ccccc2n1C(F)(F)F. The van der Waals surface area contributed by atoms with E-state index >= 15 is 0 Å². The van der Waals surface area contributed by atoms with Gasteiger partial charge >= 0.3 is 12.5 Å². The molecule has 2 rings (SSSR count). The number of hydrogen-bond acceptors (Lipinski definition) is 0. The molecule has 0 unspecified atom stereocenters. The number of fused-ring (bicyclic) bond motifs is 1. The van der Waals surface area contributed by atoms with Crippen LogP contribution in [0.5, 0.6) is 0 Å². The highest BCUT2D eigenvalue weighted by Crippen LogP contribution is 2.39. The van der Waals surface area contributed by atoms with Gasteiger partial charge in [0, 0.05) is 5.39 Å². The fourth-order valence-corrected chi connectivity index (χ4v) is 1.64. The van der Waals surface area contributed by atoms with Crippen LogP contribution < -0.4 is 0 Å². The van der Waals surface area contributed by atoms with Crippen LogP contribution in [-0.2, 0) is 12.5 Å². The second kappa shape index (κ2) is 3.41. The van der Waals surface area contributed by atoms with Crippen LogP contribution in [0.15, 0.2) is 30.3 Å². The second-order valence-electron chi connectivity index (χ2n) is 3.39. The molecule has 2 aromatic rings.